The number of halogens is 2. The summed E-state index contributed by atoms with van der Waals surface area (Å²) in [6.07, 6.45) is -0.211. The second-order valence-electron chi connectivity index (χ2n) is 7.64. The number of hydrogen-bond donors (Lipinski definition) is 2. The Morgan fingerprint density at radius 2 is 1.88 bits per heavy atom. The van der Waals surface area contributed by atoms with Gasteiger partial charge < -0.3 is 20.1 Å². The zero-order chi connectivity index (χ0) is 21.9. The lowest BCUT2D eigenvalue weighted by Crippen LogP contribution is -2.41. The summed E-state index contributed by atoms with van der Waals surface area (Å²) >= 11 is 0. The number of rotatable bonds is 9. The first kappa shape index (κ1) is 26.3. The van der Waals surface area contributed by atoms with Gasteiger partial charge in [-0.05, 0) is 37.1 Å². The Morgan fingerprint density at radius 1 is 1.12 bits per heavy atom. The third kappa shape index (κ3) is 8.91. The number of hydrogen-bond acceptors (Lipinski definition) is 4. The molecule has 32 heavy (non-hydrogen) atoms. The summed E-state index contributed by atoms with van der Waals surface area (Å²) in [4.78, 5) is 7.11. The van der Waals surface area contributed by atoms with Gasteiger partial charge in [-0.25, -0.2) is 9.38 Å². The smallest absolute Gasteiger partial charge is 0.191 e. The highest BCUT2D eigenvalue weighted by molar-refractivity contribution is 14.0. The quantitative estimate of drug-likeness (QED) is 0.280. The Morgan fingerprint density at radius 3 is 2.62 bits per heavy atom. The van der Waals surface area contributed by atoms with Crippen LogP contribution < -0.4 is 15.4 Å². The zero-order valence-corrected chi connectivity index (χ0v) is 21.2. The number of guanidine groups is 1. The van der Waals surface area contributed by atoms with Crippen molar-refractivity contribution in [3.63, 3.8) is 0 Å². The van der Waals surface area contributed by atoms with Crippen LogP contribution in [0.4, 0.5) is 4.39 Å². The summed E-state index contributed by atoms with van der Waals surface area (Å²) in [6.45, 7) is 10.3. The minimum Gasteiger partial charge on any atom is -0.486 e. The van der Waals surface area contributed by atoms with Crippen LogP contribution in [0, 0.1) is 5.82 Å². The van der Waals surface area contributed by atoms with Gasteiger partial charge in [0.05, 0.1) is 26.3 Å². The van der Waals surface area contributed by atoms with Crippen LogP contribution in [0.3, 0.4) is 0 Å². The Bertz CT molecular complexity index is 846. The van der Waals surface area contributed by atoms with Gasteiger partial charge in [-0.1, -0.05) is 36.4 Å². The summed E-state index contributed by atoms with van der Waals surface area (Å²) in [5.41, 5.74) is 2.46. The van der Waals surface area contributed by atoms with E-state index in [0.717, 1.165) is 39.4 Å². The van der Waals surface area contributed by atoms with Gasteiger partial charge in [-0.2, -0.15) is 0 Å². The number of nitrogens with zero attached hydrogens (tertiary/aromatic N) is 2. The number of ether oxygens (including phenoxy) is 2. The normalized spacial score (nSPS) is 15.5. The molecule has 1 saturated heterocycles. The summed E-state index contributed by atoms with van der Waals surface area (Å²) < 4.78 is 24.9. The van der Waals surface area contributed by atoms with Crippen molar-refractivity contribution in [2.24, 2.45) is 4.99 Å². The van der Waals surface area contributed by atoms with E-state index in [1.807, 2.05) is 13.8 Å². The van der Waals surface area contributed by atoms with Gasteiger partial charge in [-0.15, -0.1) is 24.0 Å². The lowest BCUT2D eigenvalue weighted by Gasteiger charge is -2.26. The van der Waals surface area contributed by atoms with Crippen molar-refractivity contribution >= 4 is 29.9 Å². The highest BCUT2D eigenvalue weighted by Crippen LogP contribution is 2.16. The van der Waals surface area contributed by atoms with Crippen molar-refractivity contribution in [2.75, 3.05) is 39.4 Å². The second kappa shape index (κ2) is 14.3. The lowest BCUT2D eigenvalue weighted by atomic mass is 10.1. The second-order valence-corrected chi connectivity index (χ2v) is 7.64. The van der Waals surface area contributed by atoms with Crippen LogP contribution in [0.1, 0.15) is 25.0 Å². The molecule has 1 fully saturated rings. The molecule has 3 rings (SSSR count). The van der Waals surface area contributed by atoms with E-state index in [4.69, 9.17) is 14.5 Å². The molecule has 6 nitrogen and oxygen atoms in total. The largest absolute Gasteiger partial charge is 0.486 e. The van der Waals surface area contributed by atoms with Crippen LogP contribution in [0.25, 0.3) is 0 Å². The highest BCUT2D eigenvalue weighted by atomic mass is 127. The predicted octanol–water partition coefficient (Wildman–Crippen LogP) is 3.80. The number of morpholine rings is 1. The topological polar surface area (TPSA) is 58.1 Å². The van der Waals surface area contributed by atoms with Crippen LogP contribution in [-0.4, -0.2) is 56.4 Å². The molecule has 1 unspecified atom stereocenters. The maximum absolute atomic E-state index is 13.8. The summed E-state index contributed by atoms with van der Waals surface area (Å²) in [6, 6.07) is 15.0. The maximum atomic E-state index is 13.8. The molecule has 0 saturated carbocycles. The fraction of sp³-hybridized carbons (Fsp3) is 0.458. The van der Waals surface area contributed by atoms with Crippen molar-refractivity contribution < 1.29 is 13.9 Å². The average molecular weight is 556 g/mol. The molecule has 2 N–H and O–H groups in total. The number of para-hydroxylation sites is 1. The Labute approximate surface area is 207 Å². The molecule has 2 aromatic rings. The average Bonchev–Trinajstić information content (AvgIpc) is 2.78. The first-order chi connectivity index (χ1) is 15.1. The van der Waals surface area contributed by atoms with Crippen molar-refractivity contribution in [2.45, 2.75) is 33.0 Å². The molecule has 0 spiro atoms. The fourth-order valence-electron chi connectivity index (χ4n) is 3.40. The third-order valence-corrected chi connectivity index (χ3v) is 4.99. The van der Waals surface area contributed by atoms with Gasteiger partial charge in [0, 0.05) is 26.2 Å². The molecule has 1 aliphatic heterocycles. The van der Waals surface area contributed by atoms with Crippen LogP contribution in [0.2, 0.25) is 0 Å². The van der Waals surface area contributed by atoms with Gasteiger partial charge in [0.15, 0.2) is 17.5 Å². The van der Waals surface area contributed by atoms with Gasteiger partial charge in [0.1, 0.15) is 6.10 Å². The Hall–Kier alpha value is -1.91. The van der Waals surface area contributed by atoms with Crippen LogP contribution in [0.5, 0.6) is 5.75 Å². The number of benzene rings is 2. The van der Waals surface area contributed by atoms with Crippen molar-refractivity contribution in [1.82, 2.24) is 15.5 Å². The highest BCUT2D eigenvalue weighted by Gasteiger charge is 2.11. The molecule has 1 heterocycles. The molecular weight excluding hydrogens is 522 g/mol. The van der Waals surface area contributed by atoms with E-state index < -0.39 is 0 Å². The molecule has 0 aliphatic carbocycles. The van der Waals surface area contributed by atoms with E-state index >= 15 is 0 Å². The Balaban J connectivity index is 0.00000363. The van der Waals surface area contributed by atoms with Gasteiger partial charge in [-0.3, -0.25) is 4.90 Å². The van der Waals surface area contributed by atoms with Crippen molar-refractivity contribution in [3.8, 4) is 5.75 Å². The molecule has 1 atom stereocenters. The summed E-state index contributed by atoms with van der Waals surface area (Å²) in [7, 11) is 0. The van der Waals surface area contributed by atoms with Gasteiger partial charge >= 0.3 is 0 Å². The maximum Gasteiger partial charge on any atom is 0.191 e. The summed E-state index contributed by atoms with van der Waals surface area (Å²) in [5, 5.41) is 6.53. The molecular formula is C24H34FIN4O2. The standard InChI is InChI=1S/C24H33FN4O2.HI/c1-3-26-24(27-16-19(2)31-23-10-5-4-9-22(23)25)28-17-20-7-6-8-21(15-20)18-29-11-13-30-14-12-29;/h4-10,15,19H,3,11-14,16-18H2,1-2H3,(H2,26,27,28);1H. The molecule has 0 amide bonds. The van der Waals surface area contributed by atoms with Gasteiger partial charge in [0.25, 0.3) is 0 Å². The molecule has 0 aromatic heterocycles. The van der Waals surface area contributed by atoms with E-state index in [9.17, 15) is 4.39 Å². The van der Waals surface area contributed by atoms with Crippen LogP contribution in [-0.2, 0) is 17.8 Å². The molecule has 1 aliphatic rings. The van der Waals surface area contributed by atoms with E-state index in [2.05, 4.69) is 39.8 Å². The zero-order valence-electron chi connectivity index (χ0n) is 18.9. The summed E-state index contributed by atoms with van der Waals surface area (Å²) in [5.74, 6) is 0.618. The first-order valence-corrected chi connectivity index (χ1v) is 11.0. The van der Waals surface area contributed by atoms with E-state index in [1.165, 1.54) is 17.2 Å². The minimum absolute atomic E-state index is 0. The molecule has 0 bridgehead atoms. The Kier molecular flexibility index (Phi) is 11.8. The van der Waals surface area contributed by atoms with E-state index in [1.54, 1.807) is 18.2 Å². The molecule has 8 heteroatoms. The number of aliphatic imine (C=N–C) groups is 1. The monoisotopic (exact) mass is 556 g/mol. The van der Waals surface area contributed by atoms with E-state index in [0.29, 0.717) is 19.0 Å². The van der Waals surface area contributed by atoms with Crippen LogP contribution in [0.15, 0.2) is 53.5 Å². The van der Waals surface area contributed by atoms with Crippen molar-refractivity contribution in [1.29, 1.82) is 0 Å². The molecule has 2 aromatic carbocycles. The van der Waals surface area contributed by atoms with Gasteiger partial charge in [0.2, 0.25) is 0 Å². The SMILES string of the molecule is CCNC(=NCc1cccc(CN2CCOCC2)c1)NCC(C)Oc1ccccc1F.I. The molecule has 0 radical (unpaired) electrons. The van der Waals surface area contributed by atoms with Crippen molar-refractivity contribution in [3.05, 3.63) is 65.5 Å². The lowest BCUT2D eigenvalue weighted by molar-refractivity contribution is 0.0342. The predicted molar refractivity (Wildman–Crippen MR) is 137 cm³/mol. The molecule has 176 valence electrons. The minimum atomic E-state index is -0.355. The van der Waals surface area contributed by atoms with Crippen LogP contribution >= 0.6 is 24.0 Å². The van der Waals surface area contributed by atoms with E-state index in [-0.39, 0.29) is 41.6 Å². The first-order valence-electron chi connectivity index (χ1n) is 11.0. The third-order valence-electron chi connectivity index (χ3n) is 4.99. The number of nitrogens with one attached hydrogen (secondary N) is 2. The fourth-order valence-corrected chi connectivity index (χ4v) is 3.40.